The molecule has 0 bridgehead atoms. The smallest absolute Gasteiger partial charge is 0.227 e. The number of benzene rings is 1. The quantitative estimate of drug-likeness (QED) is 0.530. The lowest BCUT2D eigenvalue weighted by molar-refractivity contribution is -0.119. The van der Waals surface area contributed by atoms with Crippen LogP contribution in [0.5, 0.6) is 0 Å². The van der Waals surface area contributed by atoms with Gasteiger partial charge in [0.05, 0.1) is 6.54 Å². The van der Waals surface area contributed by atoms with Crippen LogP contribution in [0.2, 0.25) is 0 Å². The number of hydrogen-bond donors (Lipinski definition) is 3. The number of carbonyl (C=O) groups excluding carboxylic acids is 1. The molecule has 0 unspecified atom stereocenters. The first-order chi connectivity index (χ1) is 11.5. The topological polar surface area (TPSA) is 79.5 Å². The molecule has 1 amide bonds. The standard InChI is InChI=1S/C19H30N4O/c1-14(2)10-11-21-19(20)22-13-15-6-5-9-17(12-15)23-18(24)16-7-3-4-8-16/h5-6,9,12,14,16H,3-4,7-8,10-11,13H2,1-2H3,(H,23,24)(H3,20,21,22). The van der Waals surface area contributed by atoms with Crippen molar-refractivity contribution in [3.63, 3.8) is 0 Å². The maximum Gasteiger partial charge on any atom is 0.227 e. The Hall–Kier alpha value is -2.04. The molecule has 1 aliphatic carbocycles. The number of amides is 1. The highest BCUT2D eigenvalue weighted by atomic mass is 16.1. The molecule has 24 heavy (non-hydrogen) atoms. The molecule has 0 heterocycles. The Balaban J connectivity index is 1.84. The van der Waals surface area contributed by atoms with Gasteiger partial charge in [0.1, 0.15) is 0 Å². The van der Waals surface area contributed by atoms with Crippen molar-refractivity contribution in [2.75, 3.05) is 11.9 Å². The number of nitrogens with one attached hydrogen (secondary N) is 2. The van der Waals surface area contributed by atoms with E-state index in [1.807, 2.05) is 24.3 Å². The molecule has 0 aliphatic heterocycles. The van der Waals surface area contributed by atoms with Crippen LogP contribution in [0, 0.1) is 11.8 Å². The largest absolute Gasteiger partial charge is 0.370 e. The van der Waals surface area contributed by atoms with Gasteiger partial charge in [-0.1, -0.05) is 38.8 Å². The molecule has 132 valence electrons. The van der Waals surface area contributed by atoms with Crippen molar-refractivity contribution in [3.8, 4) is 0 Å². The van der Waals surface area contributed by atoms with Crippen LogP contribution in [0.4, 0.5) is 5.69 Å². The van der Waals surface area contributed by atoms with Crippen LogP contribution in [0.3, 0.4) is 0 Å². The predicted octanol–water partition coefficient (Wildman–Crippen LogP) is 3.27. The highest BCUT2D eigenvalue weighted by Crippen LogP contribution is 2.26. The fourth-order valence-corrected chi connectivity index (χ4v) is 2.90. The van der Waals surface area contributed by atoms with Crippen LogP contribution < -0.4 is 16.4 Å². The number of anilines is 1. The van der Waals surface area contributed by atoms with Gasteiger partial charge in [0.15, 0.2) is 5.96 Å². The molecule has 2 rings (SSSR count). The lowest BCUT2D eigenvalue weighted by Crippen LogP contribution is -2.32. The van der Waals surface area contributed by atoms with E-state index < -0.39 is 0 Å². The summed E-state index contributed by atoms with van der Waals surface area (Å²) in [6.45, 7) is 5.71. The van der Waals surface area contributed by atoms with E-state index in [9.17, 15) is 4.79 Å². The van der Waals surface area contributed by atoms with Gasteiger partial charge in [0, 0.05) is 18.2 Å². The lowest BCUT2D eigenvalue weighted by atomic mass is 10.1. The van der Waals surface area contributed by atoms with E-state index >= 15 is 0 Å². The van der Waals surface area contributed by atoms with Gasteiger partial charge in [-0.15, -0.1) is 0 Å². The first-order valence-corrected chi connectivity index (χ1v) is 8.98. The summed E-state index contributed by atoms with van der Waals surface area (Å²) in [7, 11) is 0. The molecule has 1 aliphatic rings. The van der Waals surface area contributed by atoms with Crippen molar-refractivity contribution >= 4 is 17.6 Å². The van der Waals surface area contributed by atoms with Crippen LogP contribution in [-0.2, 0) is 11.3 Å². The minimum absolute atomic E-state index is 0.142. The van der Waals surface area contributed by atoms with E-state index in [1.54, 1.807) is 0 Å². The van der Waals surface area contributed by atoms with Crippen LogP contribution in [0.1, 0.15) is 51.5 Å². The Morgan fingerprint density at radius 3 is 2.79 bits per heavy atom. The predicted molar refractivity (Wildman–Crippen MR) is 99.8 cm³/mol. The summed E-state index contributed by atoms with van der Waals surface area (Å²) in [5.74, 6) is 1.43. The Labute approximate surface area is 145 Å². The van der Waals surface area contributed by atoms with Gasteiger partial charge >= 0.3 is 0 Å². The van der Waals surface area contributed by atoms with Crippen molar-refractivity contribution < 1.29 is 4.79 Å². The van der Waals surface area contributed by atoms with Gasteiger partial charge in [-0.3, -0.25) is 4.79 Å². The third-order valence-electron chi connectivity index (χ3n) is 4.38. The van der Waals surface area contributed by atoms with Gasteiger partial charge in [-0.05, 0) is 42.9 Å². The first kappa shape index (κ1) is 18.3. The monoisotopic (exact) mass is 330 g/mol. The Morgan fingerprint density at radius 1 is 1.33 bits per heavy atom. The summed E-state index contributed by atoms with van der Waals surface area (Å²) < 4.78 is 0. The van der Waals surface area contributed by atoms with Crippen molar-refractivity contribution in [2.45, 2.75) is 52.5 Å². The summed E-state index contributed by atoms with van der Waals surface area (Å²) in [5.41, 5.74) is 7.75. The molecule has 1 aromatic rings. The number of rotatable bonds is 7. The first-order valence-electron chi connectivity index (χ1n) is 8.98. The van der Waals surface area contributed by atoms with Crippen molar-refractivity contribution in [3.05, 3.63) is 29.8 Å². The van der Waals surface area contributed by atoms with Crippen molar-refractivity contribution in [1.29, 1.82) is 0 Å². The normalized spacial score (nSPS) is 15.7. The fraction of sp³-hybridized carbons (Fsp3) is 0.579. The number of nitrogens with two attached hydrogens (primary N) is 1. The van der Waals surface area contributed by atoms with Gasteiger partial charge in [0.2, 0.25) is 5.91 Å². The number of carbonyl (C=O) groups is 1. The molecule has 4 N–H and O–H groups in total. The molecule has 0 aromatic heterocycles. The van der Waals surface area contributed by atoms with E-state index in [4.69, 9.17) is 5.73 Å². The minimum atomic E-state index is 0.142. The minimum Gasteiger partial charge on any atom is -0.370 e. The second-order valence-electron chi connectivity index (χ2n) is 6.98. The zero-order valence-electron chi connectivity index (χ0n) is 14.8. The van der Waals surface area contributed by atoms with Gasteiger partial charge < -0.3 is 16.4 Å². The van der Waals surface area contributed by atoms with Gasteiger partial charge in [-0.25, -0.2) is 4.99 Å². The van der Waals surface area contributed by atoms with Crippen LogP contribution in [0.15, 0.2) is 29.3 Å². The molecule has 5 nitrogen and oxygen atoms in total. The Bertz CT molecular complexity index is 562. The number of guanidine groups is 1. The summed E-state index contributed by atoms with van der Waals surface area (Å²) in [6.07, 6.45) is 5.41. The van der Waals surface area contributed by atoms with E-state index in [0.29, 0.717) is 18.4 Å². The second-order valence-corrected chi connectivity index (χ2v) is 6.98. The van der Waals surface area contributed by atoms with E-state index in [1.165, 1.54) is 0 Å². The SMILES string of the molecule is CC(C)CCNC(N)=NCc1cccc(NC(=O)C2CCCC2)c1. The zero-order chi connectivity index (χ0) is 17.4. The highest BCUT2D eigenvalue weighted by molar-refractivity contribution is 5.92. The van der Waals surface area contributed by atoms with E-state index in [-0.39, 0.29) is 11.8 Å². The van der Waals surface area contributed by atoms with Crippen molar-refractivity contribution in [2.24, 2.45) is 22.6 Å². The molecule has 0 spiro atoms. The lowest BCUT2D eigenvalue weighted by Gasteiger charge is -2.11. The highest BCUT2D eigenvalue weighted by Gasteiger charge is 2.22. The van der Waals surface area contributed by atoms with Crippen molar-refractivity contribution in [1.82, 2.24) is 5.32 Å². The number of nitrogens with zero attached hydrogens (tertiary/aromatic N) is 1. The third kappa shape index (κ3) is 6.22. The maximum absolute atomic E-state index is 12.2. The Kier molecular flexibility index (Phi) is 7.09. The number of hydrogen-bond acceptors (Lipinski definition) is 2. The summed E-state index contributed by atoms with van der Waals surface area (Å²) in [4.78, 5) is 16.6. The molecule has 1 saturated carbocycles. The van der Waals surface area contributed by atoms with E-state index in [0.717, 1.165) is 49.9 Å². The van der Waals surface area contributed by atoms with Crippen LogP contribution in [-0.4, -0.2) is 18.4 Å². The molecular weight excluding hydrogens is 300 g/mol. The van der Waals surface area contributed by atoms with E-state index in [2.05, 4.69) is 29.5 Å². The van der Waals surface area contributed by atoms with Crippen LogP contribution in [0.25, 0.3) is 0 Å². The van der Waals surface area contributed by atoms with Gasteiger partial charge in [-0.2, -0.15) is 0 Å². The molecule has 5 heteroatoms. The summed E-state index contributed by atoms with van der Waals surface area (Å²) in [5, 5.41) is 6.15. The van der Waals surface area contributed by atoms with Crippen LogP contribution >= 0.6 is 0 Å². The fourth-order valence-electron chi connectivity index (χ4n) is 2.90. The zero-order valence-corrected chi connectivity index (χ0v) is 14.8. The average molecular weight is 330 g/mol. The summed E-state index contributed by atoms with van der Waals surface area (Å²) >= 11 is 0. The third-order valence-corrected chi connectivity index (χ3v) is 4.38. The maximum atomic E-state index is 12.2. The molecule has 0 saturated heterocycles. The molecular formula is C19H30N4O. The van der Waals surface area contributed by atoms with Gasteiger partial charge in [0.25, 0.3) is 0 Å². The molecule has 1 aromatic carbocycles. The Morgan fingerprint density at radius 2 is 2.08 bits per heavy atom. The average Bonchev–Trinajstić information content (AvgIpc) is 3.07. The molecule has 0 radical (unpaired) electrons. The molecule has 0 atom stereocenters. The molecule has 1 fully saturated rings. The second kappa shape index (κ2) is 9.30. The number of aliphatic imine (C=N–C) groups is 1. The summed E-state index contributed by atoms with van der Waals surface area (Å²) in [6, 6.07) is 7.83.